The quantitative estimate of drug-likeness (QED) is 0.727. The SMILES string of the molecule is CCOc1ccnc2c1c(=O)n(Cc1ccccc1Cl)c(=O)n2C. The maximum absolute atomic E-state index is 12.9. The number of halogens is 1. The van der Waals surface area contributed by atoms with Gasteiger partial charge in [0, 0.05) is 18.3 Å². The predicted octanol–water partition coefficient (Wildman–Crippen LogP) is 2.20. The zero-order chi connectivity index (χ0) is 17.3. The first-order chi connectivity index (χ1) is 11.5. The largest absolute Gasteiger partial charge is 0.493 e. The van der Waals surface area contributed by atoms with Crippen LogP contribution in [0.5, 0.6) is 5.75 Å². The molecule has 3 rings (SSSR count). The number of pyridine rings is 1. The Labute approximate surface area is 142 Å². The van der Waals surface area contributed by atoms with E-state index in [4.69, 9.17) is 16.3 Å². The van der Waals surface area contributed by atoms with E-state index in [9.17, 15) is 9.59 Å². The molecule has 0 N–H and O–H groups in total. The molecule has 24 heavy (non-hydrogen) atoms. The number of ether oxygens (including phenoxy) is 1. The molecule has 2 aromatic heterocycles. The van der Waals surface area contributed by atoms with Crippen molar-refractivity contribution in [2.45, 2.75) is 13.5 Å². The zero-order valence-corrected chi connectivity index (χ0v) is 14.1. The highest BCUT2D eigenvalue weighted by Crippen LogP contribution is 2.20. The summed E-state index contributed by atoms with van der Waals surface area (Å²) in [4.78, 5) is 29.6. The fourth-order valence-corrected chi connectivity index (χ4v) is 2.79. The maximum atomic E-state index is 12.9. The second-order valence-electron chi connectivity index (χ2n) is 5.27. The van der Waals surface area contributed by atoms with Crippen LogP contribution in [0.25, 0.3) is 11.0 Å². The highest BCUT2D eigenvalue weighted by molar-refractivity contribution is 6.31. The average molecular weight is 346 g/mol. The molecule has 7 heteroatoms. The molecule has 6 nitrogen and oxygen atoms in total. The third-order valence-corrected chi connectivity index (χ3v) is 4.14. The third-order valence-electron chi connectivity index (χ3n) is 3.77. The Kier molecular flexibility index (Phi) is 4.40. The van der Waals surface area contributed by atoms with Gasteiger partial charge in [0.1, 0.15) is 11.1 Å². The van der Waals surface area contributed by atoms with E-state index in [1.807, 2.05) is 13.0 Å². The van der Waals surface area contributed by atoms with Gasteiger partial charge in [-0.2, -0.15) is 0 Å². The number of aromatic nitrogens is 3. The van der Waals surface area contributed by atoms with Gasteiger partial charge in [0.15, 0.2) is 5.65 Å². The third kappa shape index (κ3) is 2.69. The van der Waals surface area contributed by atoms with Gasteiger partial charge < -0.3 is 4.74 Å². The van der Waals surface area contributed by atoms with Crippen molar-refractivity contribution in [3.8, 4) is 5.75 Å². The Hall–Kier alpha value is -2.60. The molecule has 0 bridgehead atoms. The molecule has 0 radical (unpaired) electrons. The van der Waals surface area contributed by atoms with E-state index in [1.165, 1.54) is 10.8 Å². The van der Waals surface area contributed by atoms with Gasteiger partial charge in [0.25, 0.3) is 5.56 Å². The summed E-state index contributed by atoms with van der Waals surface area (Å²) in [6.45, 7) is 2.32. The number of nitrogens with zero attached hydrogens (tertiary/aromatic N) is 3. The van der Waals surface area contributed by atoms with Gasteiger partial charge in [-0.05, 0) is 24.6 Å². The summed E-state index contributed by atoms with van der Waals surface area (Å²) in [5.74, 6) is 0.413. The minimum Gasteiger partial charge on any atom is -0.493 e. The predicted molar refractivity (Wildman–Crippen MR) is 93.0 cm³/mol. The number of hydrogen-bond donors (Lipinski definition) is 0. The summed E-state index contributed by atoms with van der Waals surface area (Å²) in [6, 6.07) is 8.73. The van der Waals surface area contributed by atoms with Crippen LogP contribution in [0, 0.1) is 0 Å². The van der Waals surface area contributed by atoms with Crippen LogP contribution in [0.1, 0.15) is 12.5 Å². The second-order valence-corrected chi connectivity index (χ2v) is 5.67. The molecule has 0 aliphatic heterocycles. The lowest BCUT2D eigenvalue weighted by molar-refractivity contribution is 0.343. The number of fused-ring (bicyclic) bond motifs is 1. The normalized spacial score (nSPS) is 11.0. The van der Waals surface area contributed by atoms with Gasteiger partial charge >= 0.3 is 5.69 Å². The Morgan fingerprint density at radius 2 is 1.96 bits per heavy atom. The van der Waals surface area contributed by atoms with Crippen molar-refractivity contribution < 1.29 is 4.74 Å². The van der Waals surface area contributed by atoms with E-state index in [0.29, 0.717) is 28.6 Å². The van der Waals surface area contributed by atoms with Crippen LogP contribution in [-0.2, 0) is 13.6 Å². The zero-order valence-electron chi connectivity index (χ0n) is 13.3. The van der Waals surface area contributed by atoms with Crippen molar-refractivity contribution >= 4 is 22.6 Å². The van der Waals surface area contributed by atoms with E-state index < -0.39 is 11.2 Å². The number of rotatable bonds is 4. The van der Waals surface area contributed by atoms with E-state index >= 15 is 0 Å². The van der Waals surface area contributed by atoms with Crippen LogP contribution in [0.4, 0.5) is 0 Å². The van der Waals surface area contributed by atoms with Crippen molar-refractivity contribution in [2.24, 2.45) is 7.05 Å². The van der Waals surface area contributed by atoms with Crippen LogP contribution < -0.4 is 16.0 Å². The van der Waals surface area contributed by atoms with Crippen LogP contribution >= 0.6 is 11.6 Å². The lowest BCUT2D eigenvalue weighted by Gasteiger charge is -2.13. The maximum Gasteiger partial charge on any atom is 0.332 e. The van der Waals surface area contributed by atoms with Crippen LogP contribution in [0.3, 0.4) is 0 Å². The summed E-state index contributed by atoms with van der Waals surface area (Å²) in [7, 11) is 1.58. The van der Waals surface area contributed by atoms with Gasteiger partial charge in [-0.1, -0.05) is 29.8 Å². The molecule has 0 amide bonds. The van der Waals surface area contributed by atoms with E-state index in [-0.39, 0.29) is 11.9 Å². The Bertz CT molecular complexity index is 1020. The molecule has 0 saturated carbocycles. The van der Waals surface area contributed by atoms with Crippen molar-refractivity contribution in [3.63, 3.8) is 0 Å². The van der Waals surface area contributed by atoms with E-state index in [1.54, 1.807) is 31.3 Å². The molecule has 1 aromatic carbocycles. The first kappa shape index (κ1) is 16.3. The van der Waals surface area contributed by atoms with Crippen molar-refractivity contribution in [1.29, 1.82) is 0 Å². The fourth-order valence-electron chi connectivity index (χ4n) is 2.59. The fraction of sp³-hybridized carbons (Fsp3) is 0.235. The summed E-state index contributed by atoms with van der Waals surface area (Å²) < 4.78 is 8.02. The molecule has 0 atom stereocenters. The first-order valence-corrected chi connectivity index (χ1v) is 7.87. The topological polar surface area (TPSA) is 66.1 Å². The van der Waals surface area contributed by atoms with E-state index in [0.717, 1.165) is 4.57 Å². The van der Waals surface area contributed by atoms with Gasteiger partial charge in [0.2, 0.25) is 0 Å². The molecular weight excluding hydrogens is 330 g/mol. The van der Waals surface area contributed by atoms with Crippen LogP contribution in [-0.4, -0.2) is 20.7 Å². The average Bonchev–Trinajstić information content (AvgIpc) is 2.58. The minimum absolute atomic E-state index is 0.0849. The molecular formula is C17H16ClN3O3. The van der Waals surface area contributed by atoms with Crippen LogP contribution in [0.15, 0.2) is 46.1 Å². The van der Waals surface area contributed by atoms with Gasteiger partial charge in [0.05, 0.1) is 13.2 Å². The van der Waals surface area contributed by atoms with Crippen molar-refractivity contribution in [3.05, 3.63) is 68.0 Å². The molecule has 0 spiro atoms. The Morgan fingerprint density at radius 1 is 1.21 bits per heavy atom. The van der Waals surface area contributed by atoms with Crippen molar-refractivity contribution in [2.75, 3.05) is 6.61 Å². The van der Waals surface area contributed by atoms with Crippen LogP contribution in [0.2, 0.25) is 5.02 Å². The molecule has 3 aromatic rings. The lowest BCUT2D eigenvalue weighted by atomic mass is 10.2. The highest BCUT2D eigenvalue weighted by atomic mass is 35.5. The first-order valence-electron chi connectivity index (χ1n) is 7.49. The molecule has 2 heterocycles. The van der Waals surface area contributed by atoms with E-state index in [2.05, 4.69) is 4.98 Å². The summed E-state index contributed by atoms with van der Waals surface area (Å²) in [5.41, 5.74) is 0.101. The van der Waals surface area contributed by atoms with Gasteiger partial charge in [-0.15, -0.1) is 0 Å². The number of hydrogen-bond acceptors (Lipinski definition) is 4. The van der Waals surface area contributed by atoms with Gasteiger partial charge in [-0.3, -0.25) is 13.9 Å². The Balaban J connectivity index is 2.29. The van der Waals surface area contributed by atoms with Crippen molar-refractivity contribution in [1.82, 2.24) is 14.1 Å². The molecule has 0 aliphatic rings. The standard InChI is InChI=1S/C17H16ClN3O3/c1-3-24-13-8-9-19-15-14(13)16(22)21(17(23)20(15)2)10-11-6-4-5-7-12(11)18/h4-9H,3,10H2,1-2H3. The number of benzene rings is 1. The highest BCUT2D eigenvalue weighted by Gasteiger charge is 2.16. The second kappa shape index (κ2) is 6.49. The number of aryl methyl sites for hydroxylation is 1. The molecule has 0 saturated heterocycles. The minimum atomic E-state index is -0.450. The Morgan fingerprint density at radius 3 is 2.67 bits per heavy atom. The molecule has 0 unspecified atom stereocenters. The lowest BCUT2D eigenvalue weighted by Crippen LogP contribution is -2.39. The van der Waals surface area contributed by atoms with Gasteiger partial charge in [-0.25, -0.2) is 9.78 Å². The monoisotopic (exact) mass is 345 g/mol. The molecule has 0 aliphatic carbocycles. The molecule has 124 valence electrons. The summed E-state index contributed by atoms with van der Waals surface area (Å²) in [5, 5.41) is 0.788. The summed E-state index contributed by atoms with van der Waals surface area (Å²) >= 11 is 6.16. The molecule has 0 fully saturated rings. The summed E-state index contributed by atoms with van der Waals surface area (Å²) in [6.07, 6.45) is 1.52. The smallest absolute Gasteiger partial charge is 0.332 e.